The molecule has 3 N–H and O–H groups in total. The lowest BCUT2D eigenvalue weighted by atomic mass is 10.1. The Labute approximate surface area is 130 Å². The summed E-state index contributed by atoms with van der Waals surface area (Å²) in [5, 5.41) is 3.10. The fourth-order valence-electron chi connectivity index (χ4n) is 1.67. The van der Waals surface area contributed by atoms with E-state index in [4.69, 9.17) is 22.1 Å². The minimum atomic E-state index is -0.325. The molecule has 6 heteroatoms. The van der Waals surface area contributed by atoms with Gasteiger partial charge in [-0.25, -0.2) is 0 Å². The Kier molecular flexibility index (Phi) is 4.52. The number of hydrogen-bond donors (Lipinski definition) is 2. The van der Waals surface area contributed by atoms with Crippen LogP contribution in [0.25, 0.3) is 0 Å². The van der Waals surface area contributed by atoms with Gasteiger partial charge in [0, 0.05) is 11.8 Å². The Bertz CT molecular complexity index is 662. The van der Waals surface area contributed by atoms with Gasteiger partial charge in [0.25, 0.3) is 5.91 Å². The number of benzene rings is 2. The highest BCUT2D eigenvalue weighted by Crippen LogP contribution is 2.29. The quantitative estimate of drug-likeness (QED) is 0.820. The summed E-state index contributed by atoms with van der Waals surface area (Å²) in [6, 6.07) is 10.2. The molecule has 2 aromatic rings. The van der Waals surface area contributed by atoms with Crippen molar-refractivity contribution in [2.75, 3.05) is 18.2 Å². The third-order valence-corrected chi connectivity index (χ3v) is 3.69. The van der Waals surface area contributed by atoms with Crippen LogP contribution in [-0.4, -0.2) is 13.0 Å². The van der Waals surface area contributed by atoms with E-state index in [1.807, 2.05) is 0 Å². The van der Waals surface area contributed by atoms with E-state index in [9.17, 15) is 4.79 Å². The summed E-state index contributed by atoms with van der Waals surface area (Å²) in [5.74, 6) is 0.302. The SMILES string of the molecule is COc1cc(NC(=O)c2cccc(Cl)c2N)ccc1Br. The van der Waals surface area contributed by atoms with E-state index in [1.54, 1.807) is 43.5 Å². The number of rotatable bonds is 3. The van der Waals surface area contributed by atoms with E-state index in [1.165, 1.54) is 0 Å². The number of hydrogen-bond acceptors (Lipinski definition) is 3. The van der Waals surface area contributed by atoms with Crippen molar-refractivity contribution in [3.8, 4) is 5.75 Å². The summed E-state index contributed by atoms with van der Waals surface area (Å²) in [6.07, 6.45) is 0. The highest BCUT2D eigenvalue weighted by molar-refractivity contribution is 9.10. The van der Waals surface area contributed by atoms with E-state index < -0.39 is 0 Å². The number of halogens is 2. The lowest BCUT2D eigenvalue weighted by molar-refractivity contribution is 0.102. The van der Waals surface area contributed by atoms with Crippen molar-refractivity contribution < 1.29 is 9.53 Å². The minimum Gasteiger partial charge on any atom is -0.495 e. The van der Waals surface area contributed by atoms with Crippen LogP contribution in [0.4, 0.5) is 11.4 Å². The van der Waals surface area contributed by atoms with Crippen molar-refractivity contribution in [2.24, 2.45) is 0 Å². The van der Waals surface area contributed by atoms with Gasteiger partial charge in [-0.05, 0) is 40.2 Å². The van der Waals surface area contributed by atoms with E-state index >= 15 is 0 Å². The zero-order valence-electron chi connectivity index (χ0n) is 10.6. The molecule has 0 heterocycles. The van der Waals surface area contributed by atoms with Gasteiger partial charge in [0.15, 0.2) is 0 Å². The van der Waals surface area contributed by atoms with Crippen molar-refractivity contribution in [2.45, 2.75) is 0 Å². The number of nitrogens with two attached hydrogens (primary N) is 1. The topological polar surface area (TPSA) is 64.3 Å². The summed E-state index contributed by atoms with van der Waals surface area (Å²) < 4.78 is 5.98. The highest BCUT2D eigenvalue weighted by Gasteiger charge is 2.12. The minimum absolute atomic E-state index is 0.260. The third kappa shape index (κ3) is 3.05. The average molecular weight is 356 g/mol. The Balaban J connectivity index is 2.26. The van der Waals surface area contributed by atoms with Crippen molar-refractivity contribution >= 4 is 44.8 Å². The van der Waals surface area contributed by atoms with Gasteiger partial charge in [-0.15, -0.1) is 0 Å². The van der Waals surface area contributed by atoms with Gasteiger partial charge in [-0.2, -0.15) is 0 Å². The second-order valence-corrected chi connectivity index (χ2v) is 5.27. The molecule has 0 atom stereocenters. The molecule has 104 valence electrons. The van der Waals surface area contributed by atoms with Gasteiger partial charge in [-0.1, -0.05) is 17.7 Å². The Hall–Kier alpha value is -1.72. The van der Waals surface area contributed by atoms with E-state index in [0.29, 0.717) is 22.0 Å². The molecular weight excluding hydrogens is 344 g/mol. The first kappa shape index (κ1) is 14.7. The first-order chi connectivity index (χ1) is 9.52. The van der Waals surface area contributed by atoms with Crippen LogP contribution in [0.2, 0.25) is 5.02 Å². The second-order valence-electron chi connectivity index (χ2n) is 4.00. The molecular formula is C14H12BrClN2O2. The molecule has 0 unspecified atom stereocenters. The van der Waals surface area contributed by atoms with Crippen LogP contribution in [-0.2, 0) is 0 Å². The molecule has 0 aliphatic rings. The molecule has 0 aromatic heterocycles. The maximum Gasteiger partial charge on any atom is 0.257 e. The standard InChI is InChI=1S/C14H12BrClN2O2/c1-20-12-7-8(5-6-10(12)15)18-14(19)9-3-2-4-11(16)13(9)17/h2-7H,17H2,1H3,(H,18,19). The van der Waals surface area contributed by atoms with Crippen LogP contribution in [0.15, 0.2) is 40.9 Å². The van der Waals surface area contributed by atoms with Gasteiger partial charge in [0.2, 0.25) is 0 Å². The summed E-state index contributed by atoms with van der Waals surface area (Å²) in [5.41, 5.74) is 6.99. The molecule has 1 amide bonds. The average Bonchev–Trinajstić information content (AvgIpc) is 2.43. The smallest absolute Gasteiger partial charge is 0.257 e. The van der Waals surface area contributed by atoms with Gasteiger partial charge in [-0.3, -0.25) is 4.79 Å². The maximum absolute atomic E-state index is 12.2. The molecule has 0 saturated carbocycles. The number of nitrogen functional groups attached to an aromatic ring is 1. The van der Waals surface area contributed by atoms with E-state index in [0.717, 1.165) is 4.47 Å². The second kappa shape index (κ2) is 6.15. The number of para-hydroxylation sites is 1. The van der Waals surface area contributed by atoms with Crippen LogP contribution in [0.3, 0.4) is 0 Å². The zero-order valence-corrected chi connectivity index (χ0v) is 13.0. The number of methoxy groups -OCH3 is 1. The summed E-state index contributed by atoms with van der Waals surface area (Å²) >= 11 is 9.25. The fourth-order valence-corrected chi connectivity index (χ4v) is 2.25. The van der Waals surface area contributed by atoms with Crippen LogP contribution in [0, 0.1) is 0 Å². The molecule has 0 fully saturated rings. The number of ether oxygens (including phenoxy) is 1. The van der Waals surface area contributed by atoms with Crippen LogP contribution in [0.5, 0.6) is 5.75 Å². The first-order valence-electron chi connectivity index (χ1n) is 5.72. The Morgan fingerprint density at radius 2 is 2.10 bits per heavy atom. The molecule has 0 aliphatic carbocycles. The van der Waals surface area contributed by atoms with Gasteiger partial charge >= 0.3 is 0 Å². The maximum atomic E-state index is 12.2. The van der Waals surface area contributed by atoms with Crippen LogP contribution >= 0.6 is 27.5 Å². The monoisotopic (exact) mass is 354 g/mol. The Morgan fingerprint density at radius 1 is 1.35 bits per heavy atom. The predicted molar refractivity (Wildman–Crippen MR) is 84.5 cm³/mol. The normalized spacial score (nSPS) is 10.2. The highest BCUT2D eigenvalue weighted by atomic mass is 79.9. The van der Waals surface area contributed by atoms with Gasteiger partial charge < -0.3 is 15.8 Å². The molecule has 4 nitrogen and oxygen atoms in total. The third-order valence-electron chi connectivity index (χ3n) is 2.71. The van der Waals surface area contributed by atoms with Crippen molar-refractivity contribution in [3.05, 3.63) is 51.5 Å². The predicted octanol–water partition coefficient (Wildman–Crippen LogP) is 3.95. The molecule has 0 radical (unpaired) electrons. The summed E-state index contributed by atoms with van der Waals surface area (Å²) in [6.45, 7) is 0. The van der Waals surface area contributed by atoms with Crippen molar-refractivity contribution in [1.29, 1.82) is 0 Å². The summed E-state index contributed by atoms with van der Waals surface area (Å²) in [4.78, 5) is 12.2. The Morgan fingerprint density at radius 3 is 2.80 bits per heavy atom. The molecule has 0 aliphatic heterocycles. The largest absolute Gasteiger partial charge is 0.495 e. The number of anilines is 2. The lowest BCUT2D eigenvalue weighted by Gasteiger charge is -2.10. The zero-order chi connectivity index (χ0) is 14.7. The van der Waals surface area contributed by atoms with Gasteiger partial charge in [0.1, 0.15) is 5.75 Å². The molecule has 2 rings (SSSR count). The molecule has 20 heavy (non-hydrogen) atoms. The van der Waals surface area contributed by atoms with E-state index in [-0.39, 0.29) is 11.6 Å². The lowest BCUT2D eigenvalue weighted by Crippen LogP contribution is -2.14. The number of nitrogens with one attached hydrogen (secondary N) is 1. The van der Waals surface area contributed by atoms with E-state index in [2.05, 4.69) is 21.2 Å². The first-order valence-corrected chi connectivity index (χ1v) is 6.89. The van der Waals surface area contributed by atoms with Gasteiger partial charge in [0.05, 0.1) is 27.9 Å². The van der Waals surface area contributed by atoms with Crippen molar-refractivity contribution in [3.63, 3.8) is 0 Å². The molecule has 0 saturated heterocycles. The molecule has 0 spiro atoms. The fraction of sp³-hybridized carbons (Fsp3) is 0.0714. The van der Waals surface area contributed by atoms with Crippen LogP contribution in [0.1, 0.15) is 10.4 Å². The number of carbonyl (C=O) groups excluding carboxylic acids is 1. The number of amides is 1. The van der Waals surface area contributed by atoms with Crippen molar-refractivity contribution in [1.82, 2.24) is 0 Å². The number of carbonyl (C=O) groups is 1. The molecule has 0 bridgehead atoms. The molecule has 2 aromatic carbocycles. The van der Waals surface area contributed by atoms with Crippen LogP contribution < -0.4 is 15.8 Å². The summed E-state index contributed by atoms with van der Waals surface area (Å²) in [7, 11) is 1.56.